The van der Waals surface area contributed by atoms with E-state index in [0.29, 0.717) is 5.69 Å². The summed E-state index contributed by atoms with van der Waals surface area (Å²) in [6.07, 6.45) is 4.21. The van der Waals surface area contributed by atoms with E-state index in [0.717, 1.165) is 37.9 Å². The topological polar surface area (TPSA) is 69.0 Å². The van der Waals surface area contributed by atoms with Gasteiger partial charge in [-0.25, -0.2) is 9.48 Å². The molecule has 19 heavy (non-hydrogen) atoms. The smallest absolute Gasteiger partial charge is 0.360 e. The molecule has 0 aliphatic carbocycles. The monoisotopic (exact) mass is 266 g/mol. The number of hydrogen-bond acceptors (Lipinski definition) is 5. The lowest BCUT2D eigenvalue weighted by Crippen LogP contribution is -2.22. The Hall–Kier alpha value is -1.43. The molecule has 1 aliphatic rings. The number of nitrogens with zero attached hydrogens (tertiary/aromatic N) is 3. The third-order valence-corrected chi connectivity index (χ3v) is 3.62. The number of methoxy groups -OCH3 is 1. The fourth-order valence-corrected chi connectivity index (χ4v) is 2.65. The Bertz CT molecular complexity index is 438. The molecule has 2 rings (SSSR count). The number of carbonyl (C=O) groups excluding carboxylic acids is 1. The summed E-state index contributed by atoms with van der Waals surface area (Å²) in [5.74, 6) is -0.404. The molecule has 2 heterocycles. The van der Waals surface area contributed by atoms with Crippen LogP contribution in [0.25, 0.3) is 0 Å². The van der Waals surface area contributed by atoms with Gasteiger partial charge in [-0.3, -0.25) is 0 Å². The van der Waals surface area contributed by atoms with Crippen LogP contribution >= 0.6 is 0 Å². The van der Waals surface area contributed by atoms with Gasteiger partial charge in [0.2, 0.25) is 0 Å². The van der Waals surface area contributed by atoms with Gasteiger partial charge in [-0.1, -0.05) is 18.6 Å². The van der Waals surface area contributed by atoms with Crippen molar-refractivity contribution in [2.45, 2.75) is 51.6 Å². The summed E-state index contributed by atoms with van der Waals surface area (Å²) < 4.78 is 6.69. The van der Waals surface area contributed by atoms with Crippen LogP contribution in [0.3, 0.4) is 0 Å². The lowest BCUT2D eigenvalue weighted by molar-refractivity contribution is 0.0591. The molecule has 2 atom stereocenters. The van der Waals surface area contributed by atoms with Gasteiger partial charge in [-0.05, 0) is 32.7 Å². The van der Waals surface area contributed by atoms with Crippen molar-refractivity contribution >= 4 is 5.97 Å². The van der Waals surface area contributed by atoms with E-state index in [9.17, 15) is 4.79 Å². The second kappa shape index (κ2) is 6.14. The molecule has 0 spiro atoms. The molecular formula is C13H22N4O2. The Balaban J connectivity index is 2.37. The zero-order chi connectivity index (χ0) is 13.8. The van der Waals surface area contributed by atoms with Crippen molar-refractivity contribution in [3.63, 3.8) is 0 Å². The van der Waals surface area contributed by atoms with Gasteiger partial charge in [0, 0.05) is 0 Å². The van der Waals surface area contributed by atoms with Gasteiger partial charge in [0.1, 0.15) is 0 Å². The number of hydrogen-bond donors (Lipinski definition) is 1. The van der Waals surface area contributed by atoms with Crippen LogP contribution in [-0.4, -0.2) is 34.6 Å². The Labute approximate surface area is 113 Å². The lowest BCUT2D eigenvalue weighted by atomic mass is 10.1. The van der Waals surface area contributed by atoms with Gasteiger partial charge in [-0.15, -0.1) is 5.10 Å². The van der Waals surface area contributed by atoms with Crippen LogP contribution in [0.4, 0.5) is 0 Å². The summed E-state index contributed by atoms with van der Waals surface area (Å²) in [5, 5.41) is 11.6. The van der Waals surface area contributed by atoms with Crippen LogP contribution in [0, 0.1) is 0 Å². The third kappa shape index (κ3) is 2.78. The van der Waals surface area contributed by atoms with Gasteiger partial charge in [0.05, 0.1) is 24.9 Å². The van der Waals surface area contributed by atoms with Gasteiger partial charge in [-0.2, -0.15) is 0 Å². The van der Waals surface area contributed by atoms with Crippen LogP contribution in [0.5, 0.6) is 0 Å². The third-order valence-electron chi connectivity index (χ3n) is 3.62. The Morgan fingerprint density at radius 1 is 1.63 bits per heavy atom. The number of ether oxygens (including phenoxy) is 1. The summed E-state index contributed by atoms with van der Waals surface area (Å²) in [5.41, 5.74) is 1.23. The molecule has 6 nitrogen and oxygen atoms in total. The molecule has 1 aliphatic heterocycles. The van der Waals surface area contributed by atoms with Crippen LogP contribution < -0.4 is 5.32 Å². The largest absolute Gasteiger partial charge is 0.464 e. The number of carbonyl (C=O) groups is 1. The standard InChI is InChI=1S/C13H22N4O2/c1-4-6-9(2)17-12(10-7-5-8-14-10)11(15-16-17)13(18)19-3/h9-10,14H,4-8H2,1-3H3. The van der Waals surface area contributed by atoms with Gasteiger partial charge >= 0.3 is 5.97 Å². The van der Waals surface area contributed by atoms with E-state index >= 15 is 0 Å². The van der Waals surface area contributed by atoms with Crippen LogP contribution in [0.2, 0.25) is 0 Å². The van der Waals surface area contributed by atoms with Crippen molar-refractivity contribution in [1.82, 2.24) is 20.3 Å². The van der Waals surface area contributed by atoms with E-state index in [4.69, 9.17) is 4.74 Å². The van der Waals surface area contributed by atoms with Crippen LogP contribution in [-0.2, 0) is 4.74 Å². The maximum absolute atomic E-state index is 11.8. The zero-order valence-corrected chi connectivity index (χ0v) is 11.8. The van der Waals surface area contributed by atoms with E-state index in [1.54, 1.807) is 0 Å². The molecule has 1 saturated heterocycles. The fourth-order valence-electron chi connectivity index (χ4n) is 2.65. The molecule has 2 unspecified atom stereocenters. The van der Waals surface area contributed by atoms with Gasteiger partial charge in [0.25, 0.3) is 0 Å². The Morgan fingerprint density at radius 2 is 2.42 bits per heavy atom. The SMILES string of the molecule is CCCC(C)n1nnc(C(=O)OC)c1C1CCCN1. The predicted octanol–water partition coefficient (Wildman–Crippen LogP) is 1.85. The molecule has 0 bridgehead atoms. The number of nitrogens with one attached hydrogen (secondary N) is 1. The fraction of sp³-hybridized carbons (Fsp3) is 0.769. The molecule has 0 saturated carbocycles. The molecular weight excluding hydrogens is 244 g/mol. The molecule has 6 heteroatoms. The highest BCUT2D eigenvalue weighted by molar-refractivity contribution is 5.88. The molecule has 106 valence electrons. The second-order valence-corrected chi connectivity index (χ2v) is 5.05. The Kier molecular flexibility index (Phi) is 4.52. The van der Waals surface area contributed by atoms with Crippen molar-refractivity contribution in [2.24, 2.45) is 0 Å². The average Bonchev–Trinajstić information content (AvgIpc) is 3.06. The zero-order valence-electron chi connectivity index (χ0n) is 11.8. The lowest BCUT2D eigenvalue weighted by Gasteiger charge is -2.18. The van der Waals surface area contributed by atoms with Gasteiger partial charge < -0.3 is 10.1 Å². The van der Waals surface area contributed by atoms with Crippen LogP contribution in [0.1, 0.15) is 67.8 Å². The first-order chi connectivity index (χ1) is 9.19. The van der Waals surface area contributed by atoms with E-state index in [1.165, 1.54) is 7.11 Å². The highest BCUT2D eigenvalue weighted by atomic mass is 16.5. The van der Waals surface area contributed by atoms with E-state index < -0.39 is 5.97 Å². The normalized spacial score (nSPS) is 20.5. The van der Waals surface area contributed by atoms with E-state index in [2.05, 4.69) is 29.5 Å². The number of esters is 1. The Morgan fingerprint density at radius 3 is 3.00 bits per heavy atom. The molecule has 1 N–H and O–H groups in total. The quantitative estimate of drug-likeness (QED) is 0.824. The predicted molar refractivity (Wildman–Crippen MR) is 71.0 cm³/mol. The maximum atomic E-state index is 11.8. The summed E-state index contributed by atoms with van der Waals surface area (Å²) in [6, 6.07) is 0.400. The average molecular weight is 266 g/mol. The second-order valence-electron chi connectivity index (χ2n) is 5.05. The summed E-state index contributed by atoms with van der Waals surface area (Å²) in [4.78, 5) is 11.8. The summed E-state index contributed by atoms with van der Waals surface area (Å²) in [7, 11) is 1.38. The first kappa shape index (κ1) is 14.0. The van der Waals surface area contributed by atoms with Crippen molar-refractivity contribution in [1.29, 1.82) is 0 Å². The first-order valence-corrected chi connectivity index (χ1v) is 6.95. The van der Waals surface area contributed by atoms with Crippen molar-refractivity contribution in [3.05, 3.63) is 11.4 Å². The number of aromatic nitrogens is 3. The molecule has 0 aromatic carbocycles. The van der Waals surface area contributed by atoms with Crippen molar-refractivity contribution in [2.75, 3.05) is 13.7 Å². The van der Waals surface area contributed by atoms with Crippen molar-refractivity contribution in [3.8, 4) is 0 Å². The molecule has 1 aromatic heterocycles. The minimum absolute atomic E-state index is 0.156. The molecule has 0 amide bonds. The number of rotatable bonds is 5. The highest BCUT2D eigenvalue weighted by Gasteiger charge is 2.30. The minimum Gasteiger partial charge on any atom is -0.464 e. The maximum Gasteiger partial charge on any atom is 0.360 e. The van der Waals surface area contributed by atoms with E-state index in [-0.39, 0.29) is 12.1 Å². The molecule has 1 aromatic rings. The highest BCUT2D eigenvalue weighted by Crippen LogP contribution is 2.28. The van der Waals surface area contributed by atoms with Gasteiger partial charge in [0.15, 0.2) is 5.69 Å². The van der Waals surface area contributed by atoms with E-state index in [1.807, 2.05) is 4.68 Å². The molecule has 1 fully saturated rings. The molecule has 0 radical (unpaired) electrons. The van der Waals surface area contributed by atoms with Crippen LogP contribution in [0.15, 0.2) is 0 Å². The summed E-state index contributed by atoms with van der Waals surface area (Å²) >= 11 is 0. The minimum atomic E-state index is -0.404. The first-order valence-electron chi connectivity index (χ1n) is 6.95. The van der Waals surface area contributed by atoms with Crippen molar-refractivity contribution < 1.29 is 9.53 Å². The summed E-state index contributed by atoms with van der Waals surface area (Å²) in [6.45, 7) is 5.22.